The SMILES string of the molecule is CNc1snc(C)c1-c1nc(CN(C)C)no1. The summed E-state index contributed by atoms with van der Waals surface area (Å²) in [6.45, 7) is 2.59. The molecule has 0 aliphatic rings. The number of nitrogens with zero attached hydrogens (tertiary/aromatic N) is 4. The number of rotatable bonds is 4. The van der Waals surface area contributed by atoms with Crippen molar-refractivity contribution < 1.29 is 4.52 Å². The molecule has 0 aromatic carbocycles. The first-order valence-electron chi connectivity index (χ1n) is 5.23. The van der Waals surface area contributed by atoms with Crippen LogP contribution in [0.4, 0.5) is 5.00 Å². The van der Waals surface area contributed by atoms with Gasteiger partial charge in [-0.3, -0.25) is 0 Å². The zero-order chi connectivity index (χ0) is 12.4. The summed E-state index contributed by atoms with van der Waals surface area (Å²) in [4.78, 5) is 6.36. The molecule has 0 bridgehead atoms. The van der Waals surface area contributed by atoms with Gasteiger partial charge in [0.05, 0.1) is 17.8 Å². The molecule has 0 unspecified atom stereocenters. The molecule has 0 radical (unpaired) electrons. The number of anilines is 1. The van der Waals surface area contributed by atoms with Crippen molar-refractivity contribution in [2.45, 2.75) is 13.5 Å². The van der Waals surface area contributed by atoms with Crippen LogP contribution in [0.5, 0.6) is 0 Å². The fourth-order valence-electron chi connectivity index (χ4n) is 1.49. The van der Waals surface area contributed by atoms with E-state index in [0.717, 1.165) is 16.3 Å². The molecular weight excluding hydrogens is 238 g/mol. The van der Waals surface area contributed by atoms with Crippen LogP contribution in [0.25, 0.3) is 11.5 Å². The van der Waals surface area contributed by atoms with Crippen molar-refractivity contribution in [3.63, 3.8) is 0 Å². The molecule has 0 aliphatic heterocycles. The van der Waals surface area contributed by atoms with E-state index in [0.29, 0.717) is 18.3 Å². The molecule has 0 atom stereocenters. The molecule has 0 fully saturated rings. The van der Waals surface area contributed by atoms with E-state index in [1.54, 1.807) is 0 Å². The minimum absolute atomic E-state index is 0.525. The van der Waals surface area contributed by atoms with Gasteiger partial charge < -0.3 is 14.7 Å². The lowest BCUT2D eigenvalue weighted by molar-refractivity contribution is 0.365. The van der Waals surface area contributed by atoms with Gasteiger partial charge in [0.15, 0.2) is 5.82 Å². The van der Waals surface area contributed by atoms with Crippen LogP contribution in [0, 0.1) is 6.92 Å². The van der Waals surface area contributed by atoms with Gasteiger partial charge in [0.1, 0.15) is 5.00 Å². The van der Waals surface area contributed by atoms with Crippen LogP contribution in [0.15, 0.2) is 4.52 Å². The fraction of sp³-hybridized carbons (Fsp3) is 0.500. The Balaban J connectivity index is 2.33. The van der Waals surface area contributed by atoms with Gasteiger partial charge in [0.25, 0.3) is 5.89 Å². The Morgan fingerprint density at radius 1 is 1.41 bits per heavy atom. The Kier molecular flexibility index (Phi) is 3.39. The summed E-state index contributed by atoms with van der Waals surface area (Å²) < 4.78 is 9.55. The third-order valence-electron chi connectivity index (χ3n) is 2.23. The van der Waals surface area contributed by atoms with Crippen LogP contribution in [0.2, 0.25) is 0 Å². The largest absolute Gasteiger partial charge is 0.378 e. The monoisotopic (exact) mass is 253 g/mol. The van der Waals surface area contributed by atoms with E-state index >= 15 is 0 Å². The normalized spacial score (nSPS) is 11.1. The van der Waals surface area contributed by atoms with Crippen LogP contribution in [0.3, 0.4) is 0 Å². The minimum atomic E-state index is 0.525. The topological polar surface area (TPSA) is 67.1 Å². The summed E-state index contributed by atoms with van der Waals surface area (Å²) in [6, 6.07) is 0. The number of aryl methyl sites for hydroxylation is 1. The van der Waals surface area contributed by atoms with E-state index in [1.165, 1.54) is 11.5 Å². The van der Waals surface area contributed by atoms with Crippen molar-refractivity contribution in [2.24, 2.45) is 0 Å². The lowest BCUT2D eigenvalue weighted by Gasteiger charge is -2.03. The highest BCUT2D eigenvalue weighted by Crippen LogP contribution is 2.33. The number of hydrogen-bond acceptors (Lipinski definition) is 7. The van der Waals surface area contributed by atoms with Crippen molar-refractivity contribution in [1.82, 2.24) is 19.4 Å². The van der Waals surface area contributed by atoms with E-state index in [4.69, 9.17) is 4.52 Å². The molecular formula is C10H15N5OS. The maximum atomic E-state index is 5.27. The lowest BCUT2D eigenvalue weighted by atomic mass is 10.2. The van der Waals surface area contributed by atoms with Gasteiger partial charge >= 0.3 is 0 Å². The Hall–Kier alpha value is -1.47. The van der Waals surface area contributed by atoms with Crippen LogP contribution in [-0.2, 0) is 6.54 Å². The van der Waals surface area contributed by atoms with E-state index in [-0.39, 0.29) is 0 Å². The molecule has 1 N–H and O–H groups in total. The molecule has 0 amide bonds. The highest BCUT2D eigenvalue weighted by molar-refractivity contribution is 7.10. The first-order chi connectivity index (χ1) is 8.11. The minimum Gasteiger partial charge on any atom is -0.378 e. The van der Waals surface area contributed by atoms with Crippen molar-refractivity contribution in [2.75, 3.05) is 26.5 Å². The van der Waals surface area contributed by atoms with Crippen LogP contribution >= 0.6 is 11.5 Å². The molecule has 6 nitrogen and oxygen atoms in total. The van der Waals surface area contributed by atoms with E-state index < -0.39 is 0 Å². The smallest absolute Gasteiger partial charge is 0.262 e. The molecule has 0 saturated heterocycles. The average molecular weight is 253 g/mol. The van der Waals surface area contributed by atoms with Crippen molar-refractivity contribution in [3.8, 4) is 11.5 Å². The van der Waals surface area contributed by atoms with Gasteiger partial charge in [-0.1, -0.05) is 5.16 Å². The summed E-state index contributed by atoms with van der Waals surface area (Å²) in [6.07, 6.45) is 0. The molecule has 92 valence electrons. The standard InChI is InChI=1S/C10H15N5OS/c1-6-8(10(11-2)17-14-6)9-12-7(13-16-9)5-15(3)4/h11H,5H2,1-4H3. The first-order valence-corrected chi connectivity index (χ1v) is 6.01. The van der Waals surface area contributed by atoms with Crippen LogP contribution in [0.1, 0.15) is 11.5 Å². The van der Waals surface area contributed by atoms with Gasteiger partial charge in [0.2, 0.25) is 0 Å². The molecule has 2 heterocycles. The molecule has 0 saturated carbocycles. The maximum Gasteiger partial charge on any atom is 0.262 e. The van der Waals surface area contributed by atoms with Crippen LogP contribution in [-0.4, -0.2) is 40.6 Å². The maximum absolute atomic E-state index is 5.27. The molecule has 2 rings (SSSR count). The third-order valence-corrected chi connectivity index (χ3v) is 3.19. The van der Waals surface area contributed by atoms with E-state index in [2.05, 4.69) is 19.8 Å². The second-order valence-electron chi connectivity index (χ2n) is 3.98. The fourth-order valence-corrected chi connectivity index (χ4v) is 2.23. The highest BCUT2D eigenvalue weighted by Gasteiger charge is 2.18. The lowest BCUT2D eigenvalue weighted by Crippen LogP contribution is -2.11. The Bertz CT molecular complexity index is 505. The van der Waals surface area contributed by atoms with Gasteiger partial charge in [-0.25, -0.2) is 0 Å². The predicted molar refractivity (Wildman–Crippen MR) is 67.1 cm³/mol. The number of hydrogen-bond donors (Lipinski definition) is 1. The predicted octanol–water partition coefficient (Wildman–Crippen LogP) is 1.60. The summed E-state index contributed by atoms with van der Waals surface area (Å²) in [5.74, 6) is 1.20. The van der Waals surface area contributed by atoms with Gasteiger partial charge in [-0.15, -0.1) is 0 Å². The van der Waals surface area contributed by atoms with Crippen molar-refractivity contribution in [1.29, 1.82) is 0 Å². The quantitative estimate of drug-likeness (QED) is 0.892. The molecule has 17 heavy (non-hydrogen) atoms. The molecule has 0 aliphatic carbocycles. The summed E-state index contributed by atoms with van der Waals surface area (Å²) in [7, 11) is 5.78. The summed E-state index contributed by atoms with van der Waals surface area (Å²) in [5, 5.41) is 7.98. The highest BCUT2D eigenvalue weighted by atomic mass is 32.1. The zero-order valence-corrected chi connectivity index (χ0v) is 11.1. The molecule has 7 heteroatoms. The Morgan fingerprint density at radius 3 is 2.82 bits per heavy atom. The summed E-state index contributed by atoms with van der Waals surface area (Å²) >= 11 is 1.39. The van der Waals surface area contributed by atoms with Gasteiger partial charge in [-0.2, -0.15) is 9.36 Å². The van der Waals surface area contributed by atoms with Gasteiger partial charge in [-0.05, 0) is 32.6 Å². The third kappa shape index (κ3) is 2.45. The molecule has 0 spiro atoms. The van der Waals surface area contributed by atoms with Gasteiger partial charge in [0, 0.05) is 7.05 Å². The molecule has 2 aromatic heterocycles. The second-order valence-corrected chi connectivity index (χ2v) is 4.75. The average Bonchev–Trinajstić information content (AvgIpc) is 2.83. The van der Waals surface area contributed by atoms with E-state index in [9.17, 15) is 0 Å². The molecule has 2 aromatic rings. The number of aromatic nitrogens is 3. The zero-order valence-electron chi connectivity index (χ0n) is 10.3. The van der Waals surface area contributed by atoms with E-state index in [1.807, 2.05) is 33.0 Å². The summed E-state index contributed by atoms with van der Waals surface area (Å²) in [5.41, 5.74) is 1.80. The second kappa shape index (κ2) is 4.80. The number of nitrogens with one attached hydrogen (secondary N) is 1. The van der Waals surface area contributed by atoms with Crippen LogP contribution < -0.4 is 5.32 Å². The first kappa shape index (κ1) is 12.0. The Labute approximate surface area is 104 Å². The Morgan fingerprint density at radius 2 is 2.18 bits per heavy atom. The van der Waals surface area contributed by atoms with Crippen molar-refractivity contribution >= 4 is 16.5 Å². The van der Waals surface area contributed by atoms with Crippen molar-refractivity contribution in [3.05, 3.63) is 11.5 Å².